The third-order valence-electron chi connectivity index (χ3n) is 2.57. The Morgan fingerprint density at radius 1 is 1.62 bits per heavy atom. The fraction of sp³-hybridized carbons (Fsp3) is 0.889. The monoisotopic (exact) mass is 185 g/mol. The van der Waals surface area contributed by atoms with Gasteiger partial charge in [0.15, 0.2) is 0 Å². The van der Waals surface area contributed by atoms with Crippen LogP contribution in [-0.4, -0.2) is 48.6 Å². The molecule has 1 fully saturated rings. The normalized spacial score (nSPS) is 23.5. The molecule has 13 heavy (non-hydrogen) atoms. The molecule has 0 bridgehead atoms. The van der Waals surface area contributed by atoms with Crippen LogP contribution in [0.5, 0.6) is 0 Å². The van der Waals surface area contributed by atoms with Gasteiger partial charge in [0.1, 0.15) is 0 Å². The van der Waals surface area contributed by atoms with Gasteiger partial charge < -0.3 is 15.5 Å². The largest absolute Gasteiger partial charge is 0.329 e. The van der Waals surface area contributed by atoms with Crippen molar-refractivity contribution in [3.8, 4) is 0 Å². The SMILES string of the molecule is CC(C)C1CN(C)C(=O)N1CCN. The molecular weight excluding hydrogens is 166 g/mol. The molecule has 1 heterocycles. The third kappa shape index (κ3) is 1.94. The van der Waals surface area contributed by atoms with Gasteiger partial charge in [-0.05, 0) is 5.92 Å². The number of hydrogen-bond donors (Lipinski definition) is 1. The van der Waals surface area contributed by atoms with Crippen LogP contribution >= 0.6 is 0 Å². The average Bonchev–Trinajstić information content (AvgIpc) is 2.33. The molecule has 1 rings (SSSR count). The first-order chi connectivity index (χ1) is 6.07. The Hall–Kier alpha value is -0.770. The molecule has 0 spiro atoms. The first-order valence-electron chi connectivity index (χ1n) is 4.79. The Bertz CT molecular complexity index is 193. The van der Waals surface area contributed by atoms with Crippen LogP contribution in [0.2, 0.25) is 0 Å². The lowest BCUT2D eigenvalue weighted by atomic mass is 10.0. The molecule has 1 aliphatic rings. The fourth-order valence-electron chi connectivity index (χ4n) is 1.79. The van der Waals surface area contributed by atoms with Crippen molar-refractivity contribution in [1.29, 1.82) is 0 Å². The van der Waals surface area contributed by atoms with Crippen LogP contribution in [0.25, 0.3) is 0 Å². The molecule has 0 radical (unpaired) electrons. The van der Waals surface area contributed by atoms with Gasteiger partial charge in [0.25, 0.3) is 0 Å². The van der Waals surface area contributed by atoms with Crippen LogP contribution in [0.15, 0.2) is 0 Å². The maximum absolute atomic E-state index is 11.6. The van der Waals surface area contributed by atoms with Crippen molar-refractivity contribution >= 4 is 6.03 Å². The van der Waals surface area contributed by atoms with Crippen molar-refractivity contribution in [2.24, 2.45) is 11.7 Å². The van der Waals surface area contributed by atoms with Gasteiger partial charge in [-0.15, -0.1) is 0 Å². The summed E-state index contributed by atoms with van der Waals surface area (Å²) in [6.07, 6.45) is 0. The molecule has 0 aromatic rings. The summed E-state index contributed by atoms with van der Waals surface area (Å²) in [6, 6.07) is 0.449. The number of urea groups is 1. The highest BCUT2D eigenvalue weighted by atomic mass is 16.2. The van der Waals surface area contributed by atoms with Crippen LogP contribution in [0.1, 0.15) is 13.8 Å². The second-order valence-electron chi connectivity index (χ2n) is 3.96. The molecule has 0 aromatic heterocycles. The lowest BCUT2D eigenvalue weighted by Gasteiger charge is -2.25. The number of rotatable bonds is 3. The smallest absolute Gasteiger partial charge is 0.320 e. The highest BCUT2D eigenvalue weighted by Gasteiger charge is 2.35. The number of hydrogen-bond acceptors (Lipinski definition) is 2. The van der Waals surface area contributed by atoms with E-state index in [1.54, 1.807) is 4.90 Å². The summed E-state index contributed by atoms with van der Waals surface area (Å²) in [4.78, 5) is 15.3. The van der Waals surface area contributed by atoms with Crippen LogP contribution in [0, 0.1) is 5.92 Å². The Kier molecular flexibility index (Phi) is 3.14. The van der Waals surface area contributed by atoms with Crippen molar-refractivity contribution in [3.05, 3.63) is 0 Å². The van der Waals surface area contributed by atoms with Crippen molar-refractivity contribution in [1.82, 2.24) is 9.80 Å². The van der Waals surface area contributed by atoms with Crippen LogP contribution in [0.4, 0.5) is 4.79 Å². The molecule has 1 unspecified atom stereocenters. The number of likely N-dealkylation sites (N-methyl/N-ethyl adjacent to an activating group) is 1. The molecule has 2 amide bonds. The van der Waals surface area contributed by atoms with E-state index in [0.717, 1.165) is 6.54 Å². The molecule has 4 nitrogen and oxygen atoms in total. The fourth-order valence-corrected chi connectivity index (χ4v) is 1.79. The first-order valence-corrected chi connectivity index (χ1v) is 4.79. The van der Waals surface area contributed by atoms with E-state index in [2.05, 4.69) is 13.8 Å². The van der Waals surface area contributed by atoms with Gasteiger partial charge in [0.05, 0.1) is 6.04 Å². The Labute approximate surface area is 79.7 Å². The minimum absolute atomic E-state index is 0.115. The van der Waals surface area contributed by atoms with Gasteiger partial charge in [0, 0.05) is 26.7 Å². The van der Waals surface area contributed by atoms with Gasteiger partial charge in [-0.1, -0.05) is 13.8 Å². The standard InChI is InChI=1S/C9H19N3O/c1-7(2)8-6-11(3)9(13)12(8)5-4-10/h7-8H,4-6,10H2,1-3H3. The minimum atomic E-state index is 0.115. The third-order valence-corrected chi connectivity index (χ3v) is 2.57. The molecule has 1 aliphatic heterocycles. The zero-order chi connectivity index (χ0) is 10.0. The van der Waals surface area contributed by atoms with Gasteiger partial charge in [0.2, 0.25) is 0 Å². The van der Waals surface area contributed by atoms with E-state index in [1.165, 1.54) is 0 Å². The number of carbonyl (C=O) groups is 1. The number of nitrogens with two attached hydrogens (primary N) is 1. The van der Waals surface area contributed by atoms with Crippen molar-refractivity contribution in [2.45, 2.75) is 19.9 Å². The van der Waals surface area contributed by atoms with Gasteiger partial charge >= 0.3 is 6.03 Å². The van der Waals surface area contributed by atoms with E-state index in [-0.39, 0.29) is 6.03 Å². The zero-order valence-electron chi connectivity index (χ0n) is 8.66. The molecule has 1 saturated heterocycles. The molecule has 76 valence electrons. The average molecular weight is 185 g/mol. The van der Waals surface area contributed by atoms with Crippen LogP contribution < -0.4 is 5.73 Å². The lowest BCUT2D eigenvalue weighted by molar-refractivity contribution is 0.184. The van der Waals surface area contributed by atoms with Crippen molar-refractivity contribution in [3.63, 3.8) is 0 Å². The number of carbonyl (C=O) groups excluding carboxylic acids is 1. The highest BCUT2D eigenvalue weighted by molar-refractivity contribution is 5.76. The maximum atomic E-state index is 11.6. The van der Waals surface area contributed by atoms with E-state index < -0.39 is 0 Å². The second-order valence-corrected chi connectivity index (χ2v) is 3.96. The topological polar surface area (TPSA) is 49.6 Å². The quantitative estimate of drug-likeness (QED) is 0.689. The van der Waals surface area contributed by atoms with Crippen molar-refractivity contribution in [2.75, 3.05) is 26.7 Å². The van der Waals surface area contributed by atoms with Gasteiger partial charge in [-0.3, -0.25) is 0 Å². The van der Waals surface area contributed by atoms with E-state index >= 15 is 0 Å². The summed E-state index contributed by atoms with van der Waals surface area (Å²) in [6.45, 7) is 6.33. The van der Waals surface area contributed by atoms with Crippen molar-refractivity contribution < 1.29 is 4.79 Å². The predicted octanol–water partition coefficient (Wildman–Crippen LogP) is 0.337. The van der Waals surface area contributed by atoms with E-state index in [1.807, 2.05) is 11.9 Å². The molecule has 2 N–H and O–H groups in total. The molecular formula is C9H19N3O. The second kappa shape index (κ2) is 3.96. The Balaban J connectivity index is 2.68. The summed E-state index contributed by atoms with van der Waals surface area (Å²) < 4.78 is 0. The van der Waals surface area contributed by atoms with E-state index in [9.17, 15) is 4.79 Å². The molecule has 0 aliphatic carbocycles. The number of amides is 2. The number of nitrogens with zero attached hydrogens (tertiary/aromatic N) is 2. The summed E-state index contributed by atoms with van der Waals surface area (Å²) in [5, 5.41) is 0. The predicted molar refractivity (Wildman–Crippen MR) is 52.4 cm³/mol. The summed E-state index contributed by atoms with van der Waals surface area (Å²) in [5.41, 5.74) is 5.47. The molecule has 1 atom stereocenters. The lowest BCUT2D eigenvalue weighted by Crippen LogP contribution is -2.40. The Morgan fingerprint density at radius 2 is 2.23 bits per heavy atom. The van der Waals surface area contributed by atoms with E-state index in [0.29, 0.717) is 25.0 Å². The summed E-state index contributed by atoms with van der Waals surface area (Å²) in [7, 11) is 1.84. The first kappa shape index (κ1) is 10.3. The van der Waals surface area contributed by atoms with Gasteiger partial charge in [-0.2, -0.15) is 0 Å². The van der Waals surface area contributed by atoms with E-state index in [4.69, 9.17) is 5.73 Å². The van der Waals surface area contributed by atoms with Crippen LogP contribution in [0.3, 0.4) is 0 Å². The van der Waals surface area contributed by atoms with Crippen LogP contribution in [-0.2, 0) is 0 Å². The zero-order valence-corrected chi connectivity index (χ0v) is 8.66. The maximum Gasteiger partial charge on any atom is 0.320 e. The Morgan fingerprint density at radius 3 is 2.69 bits per heavy atom. The highest BCUT2D eigenvalue weighted by Crippen LogP contribution is 2.19. The minimum Gasteiger partial charge on any atom is -0.329 e. The summed E-state index contributed by atoms with van der Waals surface area (Å²) in [5.74, 6) is 0.500. The molecule has 0 aromatic carbocycles. The molecule has 0 saturated carbocycles. The van der Waals surface area contributed by atoms with Gasteiger partial charge in [-0.25, -0.2) is 4.79 Å². The summed E-state index contributed by atoms with van der Waals surface area (Å²) >= 11 is 0. The molecule has 4 heteroatoms.